The highest BCUT2D eigenvalue weighted by Gasteiger charge is 2.44. The van der Waals surface area contributed by atoms with Crippen molar-refractivity contribution in [3.05, 3.63) is 65.2 Å². The summed E-state index contributed by atoms with van der Waals surface area (Å²) in [6, 6.07) is 14.0. The van der Waals surface area contributed by atoms with E-state index in [-0.39, 0.29) is 24.3 Å². The van der Waals surface area contributed by atoms with Gasteiger partial charge in [0.15, 0.2) is 0 Å². The standard InChI is InChI=1S/C27H31F3N4O2/c1-19(35)32-10-12-33(13-11-32)26(36)23-16-21-15-22(27(28,29)30)7-8-24(21)34-14-9-31(18-25(23)34)17-20-5-3-2-4-6-20/h2-8,15,23,25H,9-14,16-18H2,1H3/t23-,25+/m0/s1. The number of hydrogen-bond acceptors (Lipinski definition) is 4. The first-order valence-corrected chi connectivity index (χ1v) is 12.5. The Morgan fingerprint density at radius 3 is 2.28 bits per heavy atom. The van der Waals surface area contributed by atoms with Crippen molar-refractivity contribution in [1.82, 2.24) is 14.7 Å². The fourth-order valence-corrected chi connectivity index (χ4v) is 5.80. The lowest BCUT2D eigenvalue weighted by molar-refractivity contribution is -0.142. The number of carbonyl (C=O) groups is 2. The first-order chi connectivity index (χ1) is 17.2. The highest BCUT2D eigenvalue weighted by atomic mass is 19.4. The molecule has 9 heteroatoms. The molecule has 3 aliphatic heterocycles. The Morgan fingerprint density at radius 1 is 0.917 bits per heavy atom. The average Bonchev–Trinajstić information content (AvgIpc) is 2.87. The summed E-state index contributed by atoms with van der Waals surface area (Å²) in [5.41, 5.74) is 1.90. The number of halogens is 3. The molecule has 0 N–H and O–H groups in total. The minimum absolute atomic E-state index is 0.0108. The maximum absolute atomic E-state index is 13.8. The molecule has 2 aromatic rings. The molecule has 0 bridgehead atoms. The highest BCUT2D eigenvalue weighted by molar-refractivity contribution is 5.83. The van der Waals surface area contributed by atoms with E-state index in [1.54, 1.807) is 15.9 Å². The Bertz CT molecular complexity index is 1120. The third-order valence-electron chi connectivity index (χ3n) is 7.73. The van der Waals surface area contributed by atoms with Crippen LogP contribution in [0.3, 0.4) is 0 Å². The van der Waals surface area contributed by atoms with Gasteiger partial charge < -0.3 is 14.7 Å². The normalized spacial score (nSPS) is 22.7. The van der Waals surface area contributed by atoms with Gasteiger partial charge in [0.2, 0.25) is 11.8 Å². The number of hydrogen-bond donors (Lipinski definition) is 0. The number of carbonyl (C=O) groups excluding carboxylic acids is 2. The Labute approximate surface area is 209 Å². The van der Waals surface area contributed by atoms with Gasteiger partial charge in [-0.3, -0.25) is 14.5 Å². The van der Waals surface area contributed by atoms with Crippen molar-refractivity contribution in [2.45, 2.75) is 32.1 Å². The van der Waals surface area contributed by atoms with Crippen molar-refractivity contribution in [2.75, 3.05) is 50.7 Å². The third kappa shape index (κ3) is 4.93. The lowest BCUT2D eigenvalue weighted by Crippen LogP contribution is -2.62. The van der Waals surface area contributed by atoms with Crippen LogP contribution >= 0.6 is 0 Å². The number of anilines is 1. The predicted octanol–water partition coefficient (Wildman–Crippen LogP) is 3.26. The second-order valence-corrected chi connectivity index (χ2v) is 9.96. The fourth-order valence-electron chi connectivity index (χ4n) is 5.80. The third-order valence-corrected chi connectivity index (χ3v) is 7.73. The minimum atomic E-state index is -4.43. The molecular weight excluding hydrogens is 469 g/mol. The van der Waals surface area contributed by atoms with Crippen molar-refractivity contribution in [1.29, 1.82) is 0 Å². The van der Waals surface area contributed by atoms with Gasteiger partial charge in [-0.15, -0.1) is 0 Å². The van der Waals surface area contributed by atoms with E-state index < -0.39 is 17.7 Å². The molecule has 0 unspecified atom stereocenters. The van der Waals surface area contributed by atoms with Crippen LogP contribution in [-0.4, -0.2) is 78.4 Å². The fraction of sp³-hybridized carbons (Fsp3) is 0.481. The second kappa shape index (κ2) is 9.76. The maximum Gasteiger partial charge on any atom is 0.416 e. The van der Waals surface area contributed by atoms with Gasteiger partial charge in [-0.05, 0) is 35.7 Å². The van der Waals surface area contributed by atoms with Crippen molar-refractivity contribution in [3.8, 4) is 0 Å². The van der Waals surface area contributed by atoms with Crippen LogP contribution in [0.25, 0.3) is 0 Å². The number of benzene rings is 2. The van der Waals surface area contributed by atoms with Crippen LogP contribution in [-0.2, 0) is 28.7 Å². The Hall–Kier alpha value is -3.07. The molecule has 3 heterocycles. The zero-order valence-corrected chi connectivity index (χ0v) is 20.4. The molecule has 2 amide bonds. The van der Waals surface area contributed by atoms with Crippen molar-refractivity contribution < 1.29 is 22.8 Å². The summed E-state index contributed by atoms with van der Waals surface area (Å²) in [4.78, 5) is 33.5. The molecule has 0 spiro atoms. The monoisotopic (exact) mass is 500 g/mol. The Kier molecular flexibility index (Phi) is 6.68. The number of piperazine rings is 2. The van der Waals surface area contributed by atoms with Crippen LogP contribution in [0.2, 0.25) is 0 Å². The van der Waals surface area contributed by atoms with Crippen LogP contribution in [0, 0.1) is 5.92 Å². The number of fused-ring (bicyclic) bond motifs is 3. The van der Waals surface area contributed by atoms with E-state index in [1.165, 1.54) is 18.6 Å². The predicted molar refractivity (Wildman–Crippen MR) is 130 cm³/mol. The van der Waals surface area contributed by atoms with E-state index in [4.69, 9.17) is 0 Å². The summed E-state index contributed by atoms with van der Waals surface area (Å²) in [5, 5.41) is 0. The van der Waals surface area contributed by atoms with E-state index in [9.17, 15) is 22.8 Å². The molecule has 36 heavy (non-hydrogen) atoms. The molecule has 3 aliphatic rings. The Balaban J connectivity index is 1.41. The number of alkyl halides is 3. The molecule has 5 rings (SSSR count). The molecule has 0 radical (unpaired) electrons. The zero-order chi connectivity index (χ0) is 25.4. The van der Waals surface area contributed by atoms with Gasteiger partial charge in [-0.2, -0.15) is 13.2 Å². The van der Waals surface area contributed by atoms with E-state index in [1.807, 2.05) is 18.2 Å². The van der Waals surface area contributed by atoms with Gasteiger partial charge in [0, 0.05) is 65.0 Å². The lowest BCUT2D eigenvalue weighted by atomic mass is 9.82. The van der Waals surface area contributed by atoms with E-state index in [2.05, 4.69) is 21.9 Å². The van der Waals surface area contributed by atoms with Crippen molar-refractivity contribution in [2.24, 2.45) is 5.92 Å². The van der Waals surface area contributed by atoms with E-state index in [0.29, 0.717) is 44.8 Å². The lowest BCUT2D eigenvalue weighted by Gasteiger charge is -2.50. The van der Waals surface area contributed by atoms with E-state index in [0.717, 1.165) is 24.8 Å². The van der Waals surface area contributed by atoms with Gasteiger partial charge in [-0.25, -0.2) is 0 Å². The molecule has 6 nitrogen and oxygen atoms in total. The smallest absolute Gasteiger partial charge is 0.365 e. The summed E-state index contributed by atoms with van der Waals surface area (Å²) < 4.78 is 40.4. The quantitative estimate of drug-likeness (QED) is 0.649. The molecule has 2 saturated heterocycles. The van der Waals surface area contributed by atoms with Gasteiger partial charge in [0.05, 0.1) is 17.5 Å². The van der Waals surface area contributed by atoms with E-state index >= 15 is 0 Å². The molecule has 0 aliphatic carbocycles. The van der Waals surface area contributed by atoms with Crippen LogP contribution in [0.4, 0.5) is 18.9 Å². The molecular formula is C27H31F3N4O2. The first-order valence-electron chi connectivity index (χ1n) is 12.5. The summed E-state index contributed by atoms with van der Waals surface area (Å²) in [5.74, 6) is -0.482. The molecule has 0 aromatic heterocycles. The van der Waals surface area contributed by atoms with Crippen LogP contribution in [0.15, 0.2) is 48.5 Å². The van der Waals surface area contributed by atoms with Gasteiger partial charge in [0.25, 0.3) is 0 Å². The topological polar surface area (TPSA) is 47.1 Å². The molecule has 192 valence electrons. The zero-order valence-electron chi connectivity index (χ0n) is 20.4. The van der Waals surface area contributed by atoms with Crippen LogP contribution in [0.5, 0.6) is 0 Å². The average molecular weight is 501 g/mol. The van der Waals surface area contributed by atoms with Crippen LogP contribution < -0.4 is 4.90 Å². The summed E-state index contributed by atoms with van der Waals surface area (Å²) >= 11 is 0. The number of nitrogens with zero attached hydrogens (tertiary/aromatic N) is 4. The minimum Gasteiger partial charge on any atom is -0.365 e. The van der Waals surface area contributed by atoms with Gasteiger partial charge >= 0.3 is 6.18 Å². The summed E-state index contributed by atoms with van der Waals surface area (Å²) in [7, 11) is 0. The second-order valence-electron chi connectivity index (χ2n) is 9.96. The van der Waals surface area contributed by atoms with Crippen molar-refractivity contribution in [3.63, 3.8) is 0 Å². The van der Waals surface area contributed by atoms with Gasteiger partial charge in [0.1, 0.15) is 0 Å². The molecule has 2 fully saturated rings. The number of amides is 2. The molecule has 2 aromatic carbocycles. The Morgan fingerprint density at radius 2 is 1.61 bits per heavy atom. The maximum atomic E-state index is 13.8. The molecule has 0 saturated carbocycles. The SMILES string of the molecule is CC(=O)N1CCN(C(=O)[C@H]2Cc3cc(C(F)(F)F)ccc3N3CCN(Cc4ccccc4)C[C@H]23)CC1. The largest absolute Gasteiger partial charge is 0.416 e. The molecule has 2 atom stereocenters. The van der Waals surface area contributed by atoms with Crippen LogP contribution in [0.1, 0.15) is 23.6 Å². The highest BCUT2D eigenvalue weighted by Crippen LogP contribution is 2.40. The first kappa shape index (κ1) is 24.6. The number of rotatable bonds is 3. The van der Waals surface area contributed by atoms with Crippen molar-refractivity contribution >= 4 is 17.5 Å². The summed E-state index contributed by atoms with van der Waals surface area (Å²) in [6.45, 7) is 6.24. The summed E-state index contributed by atoms with van der Waals surface area (Å²) in [6.07, 6.45) is -4.14. The van der Waals surface area contributed by atoms with Gasteiger partial charge in [-0.1, -0.05) is 30.3 Å².